The third kappa shape index (κ3) is 2.24. The van der Waals surface area contributed by atoms with E-state index in [4.69, 9.17) is 0 Å². The maximum atomic E-state index is 3.79. The van der Waals surface area contributed by atoms with E-state index in [2.05, 4.69) is 43.9 Å². The Balaban J connectivity index is 3.03. The van der Waals surface area contributed by atoms with Gasteiger partial charge in [-0.05, 0) is 44.0 Å². The lowest BCUT2D eigenvalue weighted by Gasteiger charge is -2.18. The minimum absolute atomic E-state index is 0.396. The van der Waals surface area contributed by atoms with E-state index in [0.29, 0.717) is 6.04 Å². The second-order valence-electron chi connectivity index (χ2n) is 3.65. The largest absolute Gasteiger partial charge is 0.313 e. The molecule has 0 bridgehead atoms. The molecule has 1 rings (SSSR count). The van der Waals surface area contributed by atoms with E-state index < -0.39 is 0 Å². The van der Waals surface area contributed by atoms with Crippen molar-refractivity contribution in [3.05, 3.63) is 47.5 Å². The number of rotatable bonds is 4. The summed E-state index contributed by atoms with van der Waals surface area (Å²) in [5, 5.41) is 3.32. The van der Waals surface area contributed by atoms with E-state index in [9.17, 15) is 0 Å². The Morgan fingerprint density at radius 2 is 2.14 bits per heavy atom. The SMILES string of the molecule is C=CCC(NC)c1cccc(C)c1C. The molecule has 1 atom stereocenters. The third-order valence-electron chi connectivity index (χ3n) is 2.77. The first kappa shape index (κ1) is 11.0. The molecule has 0 radical (unpaired) electrons. The van der Waals surface area contributed by atoms with Crippen molar-refractivity contribution < 1.29 is 0 Å². The summed E-state index contributed by atoms with van der Waals surface area (Å²) in [6, 6.07) is 6.85. The standard InChI is InChI=1S/C13H19N/c1-5-7-13(14-4)12-9-6-8-10(2)11(12)3/h5-6,8-9,13-14H,1,7H2,2-4H3. The van der Waals surface area contributed by atoms with Gasteiger partial charge >= 0.3 is 0 Å². The topological polar surface area (TPSA) is 12.0 Å². The minimum atomic E-state index is 0.396. The molecule has 1 aromatic carbocycles. The molecule has 0 aliphatic rings. The summed E-state index contributed by atoms with van der Waals surface area (Å²) in [5.74, 6) is 0. The molecule has 0 amide bonds. The highest BCUT2D eigenvalue weighted by Crippen LogP contribution is 2.22. The quantitative estimate of drug-likeness (QED) is 0.717. The molecule has 1 unspecified atom stereocenters. The van der Waals surface area contributed by atoms with Gasteiger partial charge in [0.15, 0.2) is 0 Å². The highest BCUT2D eigenvalue weighted by atomic mass is 14.9. The van der Waals surface area contributed by atoms with Crippen LogP contribution in [0.25, 0.3) is 0 Å². The smallest absolute Gasteiger partial charge is 0.0355 e. The van der Waals surface area contributed by atoms with Crippen molar-refractivity contribution >= 4 is 0 Å². The Bertz CT molecular complexity index is 315. The molecule has 0 saturated heterocycles. The van der Waals surface area contributed by atoms with Gasteiger partial charge in [0.05, 0.1) is 0 Å². The van der Waals surface area contributed by atoms with Gasteiger partial charge in [-0.15, -0.1) is 6.58 Å². The van der Waals surface area contributed by atoms with E-state index in [1.807, 2.05) is 13.1 Å². The molecule has 14 heavy (non-hydrogen) atoms. The van der Waals surface area contributed by atoms with Crippen LogP contribution in [0.3, 0.4) is 0 Å². The van der Waals surface area contributed by atoms with E-state index in [0.717, 1.165) is 6.42 Å². The molecule has 1 aromatic rings. The summed E-state index contributed by atoms with van der Waals surface area (Å²) in [6.45, 7) is 8.12. The van der Waals surface area contributed by atoms with E-state index in [1.54, 1.807) is 0 Å². The average molecular weight is 189 g/mol. The Morgan fingerprint density at radius 1 is 1.43 bits per heavy atom. The first-order valence-electron chi connectivity index (χ1n) is 5.05. The van der Waals surface area contributed by atoms with Gasteiger partial charge in [0.25, 0.3) is 0 Å². The highest BCUT2D eigenvalue weighted by Gasteiger charge is 2.10. The zero-order chi connectivity index (χ0) is 10.6. The lowest BCUT2D eigenvalue weighted by atomic mass is 9.96. The van der Waals surface area contributed by atoms with Gasteiger partial charge < -0.3 is 5.32 Å². The average Bonchev–Trinajstić information content (AvgIpc) is 2.19. The molecule has 76 valence electrons. The normalized spacial score (nSPS) is 12.5. The fourth-order valence-corrected chi connectivity index (χ4v) is 1.72. The molecular formula is C13H19N. The second-order valence-corrected chi connectivity index (χ2v) is 3.65. The lowest BCUT2D eigenvalue weighted by Crippen LogP contribution is -2.16. The van der Waals surface area contributed by atoms with Crippen molar-refractivity contribution in [2.45, 2.75) is 26.3 Å². The van der Waals surface area contributed by atoms with Gasteiger partial charge in [-0.3, -0.25) is 0 Å². The lowest BCUT2D eigenvalue weighted by molar-refractivity contribution is 0.600. The zero-order valence-corrected chi connectivity index (χ0v) is 9.30. The van der Waals surface area contributed by atoms with Crippen LogP contribution in [0, 0.1) is 13.8 Å². The summed E-state index contributed by atoms with van der Waals surface area (Å²) in [6.07, 6.45) is 2.93. The number of hydrogen-bond acceptors (Lipinski definition) is 1. The van der Waals surface area contributed by atoms with Gasteiger partial charge in [0.1, 0.15) is 0 Å². The molecule has 0 saturated carbocycles. The zero-order valence-electron chi connectivity index (χ0n) is 9.30. The van der Waals surface area contributed by atoms with Crippen LogP contribution in [0.4, 0.5) is 0 Å². The number of nitrogens with one attached hydrogen (secondary N) is 1. The van der Waals surface area contributed by atoms with Crippen molar-refractivity contribution in [1.82, 2.24) is 5.32 Å². The molecule has 1 nitrogen and oxygen atoms in total. The first-order valence-corrected chi connectivity index (χ1v) is 5.05. The van der Waals surface area contributed by atoms with Gasteiger partial charge in [-0.2, -0.15) is 0 Å². The first-order chi connectivity index (χ1) is 6.70. The predicted molar refractivity (Wildman–Crippen MR) is 62.5 cm³/mol. The van der Waals surface area contributed by atoms with Crippen LogP contribution in [0.2, 0.25) is 0 Å². The van der Waals surface area contributed by atoms with Crippen LogP contribution in [0.5, 0.6) is 0 Å². The highest BCUT2D eigenvalue weighted by molar-refractivity contribution is 5.35. The summed E-state index contributed by atoms with van der Waals surface area (Å²) < 4.78 is 0. The fourth-order valence-electron chi connectivity index (χ4n) is 1.72. The molecule has 0 aromatic heterocycles. The molecule has 0 fully saturated rings. The van der Waals surface area contributed by atoms with Gasteiger partial charge in [0.2, 0.25) is 0 Å². The van der Waals surface area contributed by atoms with Gasteiger partial charge in [-0.1, -0.05) is 24.3 Å². The Kier molecular flexibility index (Phi) is 3.90. The van der Waals surface area contributed by atoms with Crippen molar-refractivity contribution in [2.24, 2.45) is 0 Å². The van der Waals surface area contributed by atoms with Crippen LogP contribution in [0.1, 0.15) is 29.2 Å². The summed E-state index contributed by atoms with van der Waals surface area (Å²) in [5.41, 5.74) is 4.12. The molecule has 0 spiro atoms. The second kappa shape index (κ2) is 4.97. The molecular weight excluding hydrogens is 170 g/mol. The molecule has 1 N–H and O–H groups in total. The maximum Gasteiger partial charge on any atom is 0.0355 e. The van der Waals surface area contributed by atoms with Gasteiger partial charge in [-0.25, -0.2) is 0 Å². The van der Waals surface area contributed by atoms with Crippen LogP contribution in [-0.4, -0.2) is 7.05 Å². The predicted octanol–water partition coefficient (Wildman–Crippen LogP) is 3.14. The summed E-state index contributed by atoms with van der Waals surface area (Å²) in [4.78, 5) is 0. The van der Waals surface area contributed by atoms with Crippen LogP contribution < -0.4 is 5.32 Å². The van der Waals surface area contributed by atoms with Crippen molar-refractivity contribution in [3.8, 4) is 0 Å². The van der Waals surface area contributed by atoms with E-state index in [1.165, 1.54) is 16.7 Å². The number of aryl methyl sites for hydroxylation is 1. The minimum Gasteiger partial charge on any atom is -0.313 e. The van der Waals surface area contributed by atoms with Crippen LogP contribution in [0.15, 0.2) is 30.9 Å². The number of benzene rings is 1. The molecule has 0 heterocycles. The Morgan fingerprint density at radius 3 is 2.71 bits per heavy atom. The molecule has 0 aliphatic heterocycles. The van der Waals surface area contributed by atoms with Gasteiger partial charge in [0, 0.05) is 6.04 Å². The van der Waals surface area contributed by atoms with Crippen molar-refractivity contribution in [1.29, 1.82) is 0 Å². The fraction of sp³-hybridized carbons (Fsp3) is 0.385. The third-order valence-corrected chi connectivity index (χ3v) is 2.77. The monoisotopic (exact) mass is 189 g/mol. The summed E-state index contributed by atoms with van der Waals surface area (Å²) in [7, 11) is 2.00. The Labute approximate surface area is 86.8 Å². The van der Waals surface area contributed by atoms with E-state index in [-0.39, 0.29) is 0 Å². The van der Waals surface area contributed by atoms with Crippen LogP contribution in [-0.2, 0) is 0 Å². The molecule has 0 aliphatic carbocycles. The number of hydrogen-bond donors (Lipinski definition) is 1. The maximum absolute atomic E-state index is 3.79. The Hall–Kier alpha value is -1.08. The van der Waals surface area contributed by atoms with Crippen molar-refractivity contribution in [2.75, 3.05) is 7.05 Å². The molecule has 1 heteroatoms. The van der Waals surface area contributed by atoms with E-state index >= 15 is 0 Å². The van der Waals surface area contributed by atoms with Crippen molar-refractivity contribution in [3.63, 3.8) is 0 Å². The summed E-state index contributed by atoms with van der Waals surface area (Å²) >= 11 is 0. The van der Waals surface area contributed by atoms with Crippen LogP contribution >= 0.6 is 0 Å².